The lowest BCUT2D eigenvalue weighted by Gasteiger charge is -2.43. The largest absolute Gasteiger partial charge is 0.508 e. The summed E-state index contributed by atoms with van der Waals surface area (Å²) in [5, 5.41) is 30.2. The van der Waals surface area contributed by atoms with E-state index in [0.717, 1.165) is 6.42 Å². The Balaban J connectivity index is 2.15. The van der Waals surface area contributed by atoms with Crippen LogP contribution < -0.4 is 0 Å². The molecule has 5 heteroatoms. The number of phenolic OH excluding ortho intramolecular Hbond substituents is 2. The Bertz CT molecular complexity index is 499. The molecule has 5 nitrogen and oxygen atoms in total. The van der Waals surface area contributed by atoms with Crippen molar-refractivity contribution in [2.75, 3.05) is 6.61 Å². The van der Waals surface area contributed by atoms with Gasteiger partial charge in [-0.1, -0.05) is 0 Å². The van der Waals surface area contributed by atoms with Crippen LogP contribution in [-0.2, 0) is 16.1 Å². The number of hydrogen-bond acceptors (Lipinski definition) is 5. The van der Waals surface area contributed by atoms with Crippen LogP contribution in [-0.4, -0.2) is 27.7 Å². The number of fused-ring (bicyclic) bond motifs is 3. The van der Waals surface area contributed by atoms with Crippen molar-refractivity contribution in [1.82, 2.24) is 0 Å². The van der Waals surface area contributed by atoms with Gasteiger partial charge in [0.25, 0.3) is 0 Å². The molecule has 0 radical (unpaired) electrons. The number of benzene rings is 1. The Labute approximate surface area is 105 Å². The molecular formula is C13H16O5. The Morgan fingerprint density at radius 1 is 1.39 bits per heavy atom. The van der Waals surface area contributed by atoms with Gasteiger partial charge in [-0.25, -0.2) is 0 Å². The van der Waals surface area contributed by atoms with Crippen LogP contribution in [0.4, 0.5) is 0 Å². The van der Waals surface area contributed by atoms with Crippen LogP contribution in [0.2, 0.25) is 0 Å². The fourth-order valence-electron chi connectivity index (χ4n) is 2.68. The molecular weight excluding hydrogens is 236 g/mol. The third-order valence-electron chi connectivity index (χ3n) is 3.79. The Morgan fingerprint density at radius 2 is 2.17 bits per heavy atom. The lowest BCUT2D eigenvalue weighted by molar-refractivity contribution is -0.305. The number of aromatic hydroxyl groups is 2. The molecule has 2 aliphatic rings. The maximum absolute atomic E-state index is 10.4. The van der Waals surface area contributed by atoms with Crippen LogP contribution in [0.25, 0.3) is 0 Å². The molecule has 2 aliphatic heterocycles. The van der Waals surface area contributed by atoms with E-state index < -0.39 is 11.9 Å². The maximum Gasteiger partial charge on any atom is 0.196 e. The second-order valence-electron chi connectivity index (χ2n) is 4.92. The fourth-order valence-corrected chi connectivity index (χ4v) is 2.68. The van der Waals surface area contributed by atoms with Gasteiger partial charge in [0.15, 0.2) is 5.79 Å². The van der Waals surface area contributed by atoms with E-state index in [0.29, 0.717) is 29.7 Å². The van der Waals surface area contributed by atoms with Crippen LogP contribution in [0.3, 0.4) is 0 Å². The van der Waals surface area contributed by atoms with Gasteiger partial charge in [0, 0.05) is 24.2 Å². The second-order valence-corrected chi connectivity index (χ2v) is 4.92. The van der Waals surface area contributed by atoms with E-state index in [1.807, 2.05) is 0 Å². The van der Waals surface area contributed by atoms with Gasteiger partial charge >= 0.3 is 0 Å². The minimum atomic E-state index is -1.35. The third kappa shape index (κ3) is 1.51. The van der Waals surface area contributed by atoms with Crippen molar-refractivity contribution in [3.05, 3.63) is 22.8 Å². The average Bonchev–Trinajstić information content (AvgIpc) is 2.35. The summed E-state index contributed by atoms with van der Waals surface area (Å²) in [5.41, 5.74) is 1.62. The van der Waals surface area contributed by atoms with Crippen LogP contribution in [0.5, 0.6) is 11.5 Å². The van der Waals surface area contributed by atoms with Crippen molar-refractivity contribution in [2.24, 2.45) is 0 Å². The predicted molar refractivity (Wildman–Crippen MR) is 62.2 cm³/mol. The van der Waals surface area contributed by atoms with Crippen LogP contribution in [0, 0.1) is 6.92 Å². The second kappa shape index (κ2) is 3.85. The molecule has 3 rings (SSSR count). The lowest BCUT2D eigenvalue weighted by atomic mass is 9.87. The molecule has 0 amide bonds. The molecule has 0 bridgehead atoms. The van der Waals surface area contributed by atoms with Crippen molar-refractivity contribution >= 4 is 0 Å². The molecule has 0 aliphatic carbocycles. The minimum absolute atomic E-state index is 0.00433. The van der Waals surface area contributed by atoms with E-state index in [4.69, 9.17) is 9.47 Å². The van der Waals surface area contributed by atoms with Crippen LogP contribution >= 0.6 is 0 Å². The number of rotatable bonds is 0. The van der Waals surface area contributed by atoms with Crippen molar-refractivity contribution in [2.45, 2.75) is 38.3 Å². The zero-order valence-electron chi connectivity index (χ0n) is 10.1. The zero-order chi connectivity index (χ0) is 12.9. The van der Waals surface area contributed by atoms with Gasteiger partial charge in [-0.2, -0.15) is 0 Å². The Kier molecular flexibility index (Phi) is 2.52. The van der Waals surface area contributed by atoms with E-state index in [-0.39, 0.29) is 18.1 Å². The first-order chi connectivity index (χ1) is 8.53. The fraction of sp³-hybridized carbons (Fsp3) is 0.538. The SMILES string of the molecule is Cc1c(O)cc2c(c1O)CO[C@]1(O)CCCO[C@@H]21. The third-order valence-corrected chi connectivity index (χ3v) is 3.79. The summed E-state index contributed by atoms with van der Waals surface area (Å²) in [4.78, 5) is 0. The monoisotopic (exact) mass is 252 g/mol. The minimum Gasteiger partial charge on any atom is -0.508 e. The van der Waals surface area contributed by atoms with Crippen LogP contribution in [0.1, 0.15) is 35.6 Å². The molecule has 98 valence electrons. The normalized spacial score (nSPS) is 30.7. The first-order valence-corrected chi connectivity index (χ1v) is 6.05. The average molecular weight is 252 g/mol. The van der Waals surface area contributed by atoms with E-state index in [2.05, 4.69) is 0 Å². The molecule has 0 unspecified atom stereocenters. The molecule has 1 saturated heterocycles. The van der Waals surface area contributed by atoms with Gasteiger partial charge in [-0.05, 0) is 25.0 Å². The number of ether oxygens (including phenoxy) is 2. The molecule has 0 saturated carbocycles. The summed E-state index contributed by atoms with van der Waals surface area (Å²) >= 11 is 0. The number of phenols is 2. The first kappa shape index (κ1) is 11.8. The van der Waals surface area contributed by atoms with Crippen LogP contribution in [0.15, 0.2) is 6.07 Å². The molecule has 2 heterocycles. The molecule has 18 heavy (non-hydrogen) atoms. The highest BCUT2D eigenvalue weighted by molar-refractivity contribution is 5.53. The predicted octanol–water partition coefficient (Wildman–Crippen LogP) is 1.48. The summed E-state index contributed by atoms with van der Waals surface area (Å²) < 4.78 is 11.0. The van der Waals surface area contributed by atoms with Crippen molar-refractivity contribution in [1.29, 1.82) is 0 Å². The summed E-state index contributed by atoms with van der Waals surface area (Å²) in [5.74, 6) is -1.33. The maximum atomic E-state index is 10.4. The summed E-state index contributed by atoms with van der Waals surface area (Å²) in [6, 6.07) is 1.55. The molecule has 2 atom stereocenters. The van der Waals surface area contributed by atoms with Gasteiger partial charge in [-0.15, -0.1) is 0 Å². The highest BCUT2D eigenvalue weighted by atomic mass is 16.7. The molecule has 0 spiro atoms. The van der Waals surface area contributed by atoms with Gasteiger partial charge in [0.2, 0.25) is 0 Å². The Hall–Kier alpha value is -1.30. The van der Waals surface area contributed by atoms with Gasteiger partial charge < -0.3 is 24.8 Å². The molecule has 0 aromatic heterocycles. The standard InChI is InChI=1S/C13H16O5/c1-7-10(14)5-8-9(11(7)15)6-18-13(16)3-2-4-17-12(8)13/h5,12,14-16H,2-4,6H2,1H3/t12-,13+/m0/s1. The van der Waals surface area contributed by atoms with Gasteiger partial charge in [0.05, 0.1) is 6.61 Å². The highest BCUT2D eigenvalue weighted by Crippen LogP contribution is 2.48. The number of aliphatic hydroxyl groups is 1. The van der Waals surface area contributed by atoms with Gasteiger partial charge in [0.1, 0.15) is 17.6 Å². The molecule has 1 aromatic carbocycles. The van der Waals surface area contributed by atoms with E-state index in [1.54, 1.807) is 13.0 Å². The number of hydrogen-bond donors (Lipinski definition) is 3. The van der Waals surface area contributed by atoms with Crippen molar-refractivity contribution in [3.8, 4) is 11.5 Å². The highest BCUT2D eigenvalue weighted by Gasteiger charge is 2.47. The van der Waals surface area contributed by atoms with Crippen molar-refractivity contribution < 1.29 is 24.8 Å². The topological polar surface area (TPSA) is 79.2 Å². The molecule has 1 fully saturated rings. The van der Waals surface area contributed by atoms with E-state index >= 15 is 0 Å². The first-order valence-electron chi connectivity index (χ1n) is 6.05. The van der Waals surface area contributed by atoms with E-state index in [1.165, 1.54) is 0 Å². The van der Waals surface area contributed by atoms with Crippen molar-refractivity contribution in [3.63, 3.8) is 0 Å². The smallest absolute Gasteiger partial charge is 0.196 e. The molecule has 3 N–H and O–H groups in total. The quantitative estimate of drug-likeness (QED) is 0.651. The van der Waals surface area contributed by atoms with E-state index in [9.17, 15) is 15.3 Å². The lowest BCUT2D eigenvalue weighted by Crippen LogP contribution is -2.46. The van der Waals surface area contributed by atoms with Gasteiger partial charge in [-0.3, -0.25) is 0 Å². The summed E-state index contributed by atoms with van der Waals surface area (Å²) in [6.45, 7) is 2.29. The Morgan fingerprint density at radius 3 is 2.94 bits per heavy atom. The summed E-state index contributed by atoms with van der Waals surface area (Å²) in [6.07, 6.45) is 0.575. The molecule has 1 aromatic rings. The zero-order valence-corrected chi connectivity index (χ0v) is 10.1. The summed E-state index contributed by atoms with van der Waals surface area (Å²) in [7, 11) is 0.